The van der Waals surface area contributed by atoms with Crippen molar-refractivity contribution >= 4 is 41.0 Å². The summed E-state index contributed by atoms with van der Waals surface area (Å²) in [6, 6.07) is 13.6. The first-order valence-corrected chi connectivity index (χ1v) is 13.3. The van der Waals surface area contributed by atoms with Crippen LogP contribution in [0.1, 0.15) is 39.9 Å². The number of carbonyl (C=O) groups is 2. The highest BCUT2D eigenvalue weighted by Crippen LogP contribution is 2.41. The number of anilines is 1. The molecule has 210 valence electrons. The maximum atomic E-state index is 13.8. The summed E-state index contributed by atoms with van der Waals surface area (Å²) in [6.07, 6.45) is -4.02. The van der Waals surface area contributed by atoms with Crippen molar-refractivity contribution in [2.45, 2.75) is 38.1 Å². The van der Waals surface area contributed by atoms with Crippen molar-refractivity contribution < 1.29 is 32.6 Å². The van der Waals surface area contributed by atoms with Gasteiger partial charge in [0.1, 0.15) is 5.60 Å². The molecule has 0 aromatic heterocycles. The van der Waals surface area contributed by atoms with Gasteiger partial charge in [-0.1, -0.05) is 35.3 Å². The number of aromatic carboxylic acids is 1. The first kappa shape index (κ1) is 28.3. The van der Waals surface area contributed by atoms with Crippen LogP contribution in [0, 0.1) is 6.92 Å². The molecule has 0 unspecified atom stereocenters. The highest BCUT2D eigenvalue weighted by Gasteiger charge is 2.47. The number of likely N-dealkylation sites (tertiary alicyclic amines) is 1. The van der Waals surface area contributed by atoms with Crippen LogP contribution in [0.3, 0.4) is 0 Å². The number of amides is 1. The van der Waals surface area contributed by atoms with Gasteiger partial charge in [-0.25, -0.2) is 9.59 Å². The van der Waals surface area contributed by atoms with E-state index in [4.69, 9.17) is 33.0 Å². The molecule has 2 aliphatic rings. The molecule has 11 heteroatoms. The van der Waals surface area contributed by atoms with Gasteiger partial charge in [0.2, 0.25) is 0 Å². The van der Waals surface area contributed by atoms with Crippen LogP contribution in [-0.2, 0) is 17.5 Å². The molecule has 1 N–H and O–H groups in total. The number of aryl methyl sites for hydroxylation is 1. The average Bonchev–Trinajstić information content (AvgIpc) is 3.21. The number of nitrogens with zero attached hydrogens (tertiary/aromatic N) is 2. The normalized spacial score (nSPS) is 17.4. The Morgan fingerprint density at radius 3 is 2.30 bits per heavy atom. The number of carbonyl (C=O) groups excluding carboxylic acids is 1. The number of alkyl halides is 3. The van der Waals surface area contributed by atoms with Gasteiger partial charge in [-0.3, -0.25) is 9.80 Å². The summed E-state index contributed by atoms with van der Waals surface area (Å²) in [5.74, 6) is -1.06. The molecule has 1 spiro atoms. The second kappa shape index (κ2) is 10.6. The van der Waals surface area contributed by atoms with Crippen LogP contribution in [0.5, 0.6) is 0 Å². The van der Waals surface area contributed by atoms with E-state index in [1.807, 2.05) is 4.90 Å². The molecular weight excluding hydrogens is 568 g/mol. The average molecular weight is 593 g/mol. The first-order valence-electron chi connectivity index (χ1n) is 12.6. The van der Waals surface area contributed by atoms with E-state index in [0.717, 1.165) is 0 Å². The van der Waals surface area contributed by atoms with Crippen molar-refractivity contribution in [3.8, 4) is 11.1 Å². The second-order valence-corrected chi connectivity index (χ2v) is 11.1. The van der Waals surface area contributed by atoms with Crippen molar-refractivity contribution in [3.63, 3.8) is 0 Å². The summed E-state index contributed by atoms with van der Waals surface area (Å²) in [4.78, 5) is 27.4. The van der Waals surface area contributed by atoms with Gasteiger partial charge in [0.15, 0.2) is 0 Å². The third-order valence-electron chi connectivity index (χ3n) is 7.53. The molecule has 2 aliphatic heterocycles. The smallest absolute Gasteiger partial charge is 0.416 e. The fourth-order valence-electron chi connectivity index (χ4n) is 5.37. The fraction of sp³-hybridized carbons (Fsp3) is 0.310. The van der Waals surface area contributed by atoms with Crippen LogP contribution < -0.4 is 4.90 Å². The summed E-state index contributed by atoms with van der Waals surface area (Å²) in [5.41, 5.74) is 1.02. The van der Waals surface area contributed by atoms with E-state index in [1.165, 1.54) is 36.1 Å². The predicted molar refractivity (Wildman–Crippen MR) is 146 cm³/mol. The van der Waals surface area contributed by atoms with Gasteiger partial charge in [0.25, 0.3) is 0 Å². The number of carboxylic acids is 1. The van der Waals surface area contributed by atoms with E-state index in [9.17, 15) is 22.8 Å². The van der Waals surface area contributed by atoms with Crippen LogP contribution >= 0.6 is 23.2 Å². The molecule has 1 amide bonds. The quantitative estimate of drug-likeness (QED) is 0.329. The summed E-state index contributed by atoms with van der Waals surface area (Å²) < 4.78 is 47.2. The number of hydrogen-bond acceptors (Lipinski definition) is 4. The van der Waals surface area contributed by atoms with Crippen molar-refractivity contribution in [1.82, 2.24) is 4.90 Å². The number of ether oxygens (including phenoxy) is 1. The summed E-state index contributed by atoms with van der Waals surface area (Å²) >= 11 is 12.5. The van der Waals surface area contributed by atoms with E-state index < -0.39 is 29.4 Å². The lowest BCUT2D eigenvalue weighted by molar-refractivity contribution is -0.138. The number of halogens is 5. The van der Waals surface area contributed by atoms with Gasteiger partial charge >= 0.3 is 18.2 Å². The molecule has 0 atom stereocenters. The molecule has 0 saturated carbocycles. The largest absolute Gasteiger partial charge is 0.478 e. The maximum Gasteiger partial charge on any atom is 0.416 e. The zero-order valence-corrected chi connectivity index (χ0v) is 22.9. The molecule has 2 heterocycles. The molecule has 3 aromatic carbocycles. The van der Waals surface area contributed by atoms with Crippen LogP contribution in [0.4, 0.5) is 23.7 Å². The lowest BCUT2D eigenvalue weighted by Crippen LogP contribution is -2.46. The lowest BCUT2D eigenvalue weighted by Gasteiger charge is -2.37. The van der Waals surface area contributed by atoms with E-state index in [0.29, 0.717) is 64.9 Å². The molecule has 0 aliphatic carbocycles. The molecule has 0 radical (unpaired) electrons. The molecule has 3 aromatic rings. The van der Waals surface area contributed by atoms with Gasteiger partial charge in [0, 0.05) is 53.8 Å². The zero-order valence-electron chi connectivity index (χ0n) is 21.4. The highest BCUT2D eigenvalue weighted by molar-refractivity contribution is 6.36. The van der Waals surface area contributed by atoms with E-state index in [-0.39, 0.29) is 17.7 Å². The highest BCUT2D eigenvalue weighted by atomic mass is 35.5. The van der Waals surface area contributed by atoms with Gasteiger partial charge in [-0.05, 0) is 66.1 Å². The van der Waals surface area contributed by atoms with Gasteiger partial charge in [-0.2, -0.15) is 13.2 Å². The molecule has 40 heavy (non-hydrogen) atoms. The van der Waals surface area contributed by atoms with Crippen LogP contribution in [0.15, 0.2) is 54.6 Å². The van der Waals surface area contributed by atoms with E-state index >= 15 is 0 Å². The van der Waals surface area contributed by atoms with Gasteiger partial charge in [0.05, 0.1) is 17.7 Å². The van der Waals surface area contributed by atoms with Gasteiger partial charge < -0.3 is 9.84 Å². The Bertz CT molecular complexity index is 1470. The SMILES string of the molecule is Cc1cc(-c2ccc(Cl)cc2Cl)c(CN2CCC3(CC2)CN(c2ccc(C(=O)O)cc2)C(=O)O3)cc1C(F)(F)F. The van der Waals surface area contributed by atoms with E-state index in [2.05, 4.69) is 0 Å². The van der Waals surface area contributed by atoms with Crippen LogP contribution in [0.2, 0.25) is 10.0 Å². The maximum absolute atomic E-state index is 13.8. The van der Waals surface area contributed by atoms with Crippen molar-refractivity contribution in [2.24, 2.45) is 0 Å². The summed E-state index contributed by atoms with van der Waals surface area (Å²) in [5, 5.41) is 9.90. The van der Waals surface area contributed by atoms with Crippen LogP contribution in [-0.4, -0.2) is 47.3 Å². The predicted octanol–water partition coefficient (Wildman–Crippen LogP) is 7.68. The Labute approximate surface area is 238 Å². The summed E-state index contributed by atoms with van der Waals surface area (Å²) in [7, 11) is 0. The van der Waals surface area contributed by atoms with Gasteiger partial charge in [-0.15, -0.1) is 0 Å². The Morgan fingerprint density at radius 2 is 1.70 bits per heavy atom. The summed E-state index contributed by atoms with van der Waals surface area (Å²) in [6.45, 7) is 2.99. The minimum absolute atomic E-state index is 0.101. The Morgan fingerprint density at radius 1 is 1.02 bits per heavy atom. The lowest BCUT2D eigenvalue weighted by atomic mass is 9.89. The standard InChI is InChI=1S/C29H25Cl2F3N2O4/c1-17-12-23(22-7-4-20(30)14-25(22)31)19(13-24(17)29(32,33)34)15-35-10-8-28(9-11-35)16-36(27(39)40-28)21-5-2-18(3-6-21)26(37)38/h2-7,12-14H,8-11,15-16H2,1H3,(H,37,38). The number of hydrogen-bond donors (Lipinski definition) is 1. The molecule has 6 nitrogen and oxygen atoms in total. The monoisotopic (exact) mass is 592 g/mol. The third-order valence-corrected chi connectivity index (χ3v) is 8.08. The molecule has 2 saturated heterocycles. The Hall–Kier alpha value is -3.27. The molecule has 0 bridgehead atoms. The topological polar surface area (TPSA) is 70.1 Å². The minimum Gasteiger partial charge on any atom is -0.478 e. The number of piperidine rings is 1. The zero-order chi connectivity index (χ0) is 28.8. The first-order chi connectivity index (χ1) is 18.8. The second-order valence-electron chi connectivity index (χ2n) is 10.2. The van der Waals surface area contributed by atoms with E-state index in [1.54, 1.807) is 30.3 Å². The van der Waals surface area contributed by atoms with Crippen molar-refractivity contribution in [1.29, 1.82) is 0 Å². The number of rotatable bonds is 5. The minimum atomic E-state index is -4.50. The fourth-order valence-corrected chi connectivity index (χ4v) is 5.88. The van der Waals surface area contributed by atoms with Crippen molar-refractivity contribution in [2.75, 3.05) is 24.5 Å². The number of carboxylic acid groups (broad SMARTS) is 1. The van der Waals surface area contributed by atoms with Crippen molar-refractivity contribution in [3.05, 3.63) is 86.9 Å². The molecule has 5 rings (SSSR count). The number of benzene rings is 3. The Kier molecular flexibility index (Phi) is 7.50. The molecule has 2 fully saturated rings. The molecular formula is C29H25Cl2F3N2O4. The Balaban J connectivity index is 1.35. The third kappa shape index (κ3) is 5.64. The van der Waals surface area contributed by atoms with Crippen LogP contribution in [0.25, 0.3) is 11.1 Å².